The summed E-state index contributed by atoms with van der Waals surface area (Å²) in [4.78, 5) is 25.1. The maximum atomic E-state index is 12.9. The average molecular weight is 602 g/mol. The second-order valence-corrected chi connectivity index (χ2v) is 15.2. The zero-order valence-electron chi connectivity index (χ0n) is 29.6. The molecule has 6 nitrogen and oxygen atoms in total. The van der Waals surface area contributed by atoms with E-state index in [0.29, 0.717) is 5.75 Å². The van der Waals surface area contributed by atoms with E-state index >= 15 is 0 Å². The van der Waals surface area contributed by atoms with Crippen LogP contribution < -0.4 is 14.8 Å². The number of carbonyl (C=O) groups excluding carboxylic acids is 2. The summed E-state index contributed by atoms with van der Waals surface area (Å²) >= 11 is 0. The van der Waals surface area contributed by atoms with Crippen molar-refractivity contribution in [3.05, 3.63) is 22.3 Å². The molecule has 1 aliphatic rings. The molecule has 2 rings (SSSR count). The number of amides is 1. The molecule has 1 amide bonds. The Balaban J connectivity index is 1.92. The van der Waals surface area contributed by atoms with E-state index < -0.39 is 23.7 Å². The molecular weight excluding hydrogens is 538 g/mol. The number of rotatable bonds is 15. The number of nitrogens with one attached hydrogen (secondary N) is 1. The van der Waals surface area contributed by atoms with Crippen molar-refractivity contribution in [1.82, 2.24) is 5.32 Å². The van der Waals surface area contributed by atoms with E-state index in [1.807, 2.05) is 20.8 Å². The van der Waals surface area contributed by atoms with Gasteiger partial charge in [-0.25, -0.2) is 9.59 Å². The van der Waals surface area contributed by atoms with E-state index in [-0.39, 0.29) is 5.60 Å². The van der Waals surface area contributed by atoms with Gasteiger partial charge in [0.25, 0.3) is 0 Å². The van der Waals surface area contributed by atoms with E-state index in [0.717, 1.165) is 65.0 Å². The third kappa shape index (κ3) is 12.0. The first kappa shape index (κ1) is 36.9. The maximum Gasteiger partial charge on any atom is 0.408 e. The minimum atomic E-state index is -0.843. The van der Waals surface area contributed by atoms with Gasteiger partial charge in [-0.1, -0.05) is 72.6 Å². The second kappa shape index (κ2) is 16.2. The van der Waals surface area contributed by atoms with E-state index in [1.165, 1.54) is 51.4 Å². The molecule has 246 valence electrons. The summed E-state index contributed by atoms with van der Waals surface area (Å²) in [5.74, 6) is 3.40. The fourth-order valence-electron chi connectivity index (χ4n) is 6.15. The zero-order valence-corrected chi connectivity index (χ0v) is 29.6. The Kier molecular flexibility index (Phi) is 13.9. The Morgan fingerprint density at radius 3 is 1.98 bits per heavy atom. The molecule has 43 heavy (non-hydrogen) atoms. The molecule has 0 fully saturated rings. The third-order valence-corrected chi connectivity index (χ3v) is 9.13. The monoisotopic (exact) mass is 601 g/mol. The number of benzene rings is 1. The lowest BCUT2D eigenvalue weighted by atomic mass is 9.83. The Morgan fingerprint density at radius 2 is 1.42 bits per heavy atom. The lowest BCUT2D eigenvalue weighted by molar-refractivity contribution is -0.136. The van der Waals surface area contributed by atoms with Crippen molar-refractivity contribution in [3.8, 4) is 11.5 Å². The largest absolute Gasteiger partial charge is 0.487 e. The molecule has 4 atom stereocenters. The van der Waals surface area contributed by atoms with Crippen LogP contribution in [0.3, 0.4) is 0 Å². The van der Waals surface area contributed by atoms with Crippen LogP contribution in [0.2, 0.25) is 0 Å². The number of hydrogen-bond acceptors (Lipinski definition) is 5. The SMILES string of the molecule is Cc1c(C)c2c(c(C)c1OC(=O)[C@@H](C)NC(=O)OC(C)(C)C)CC[C@@](C)(CCC[C@H](C)CCC[C@H](C)CCCC(C)C)O2. The van der Waals surface area contributed by atoms with Crippen LogP contribution in [0.25, 0.3) is 0 Å². The van der Waals surface area contributed by atoms with Crippen LogP contribution in [0.15, 0.2) is 0 Å². The molecule has 0 aromatic heterocycles. The summed E-state index contributed by atoms with van der Waals surface area (Å²) in [5, 5.41) is 2.58. The van der Waals surface area contributed by atoms with Crippen molar-refractivity contribution < 1.29 is 23.8 Å². The summed E-state index contributed by atoms with van der Waals surface area (Å²) in [6.07, 6.45) is 12.8. The van der Waals surface area contributed by atoms with Crippen LogP contribution >= 0.6 is 0 Å². The van der Waals surface area contributed by atoms with Gasteiger partial charge < -0.3 is 19.5 Å². The van der Waals surface area contributed by atoms with Crippen molar-refractivity contribution in [2.45, 2.75) is 171 Å². The number of esters is 1. The summed E-state index contributed by atoms with van der Waals surface area (Å²) in [5.41, 5.74) is 3.13. The van der Waals surface area contributed by atoms with E-state index in [2.05, 4.69) is 39.9 Å². The molecule has 0 radical (unpaired) electrons. The van der Waals surface area contributed by atoms with Crippen LogP contribution in [0.4, 0.5) is 4.79 Å². The number of fused-ring (bicyclic) bond motifs is 1. The molecule has 6 heteroatoms. The average Bonchev–Trinajstić information content (AvgIpc) is 2.88. The number of ether oxygens (including phenoxy) is 3. The summed E-state index contributed by atoms with van der Waals surface area (Å²) in [6.45, 7) is 24.7. The number of hydrogen-bond donors (Lipinski definition) is 1. The molecule has 1 aromatic rings. The third-order valence-electron chi connectivity index (χ3n) is 9.13. The maximum absolute atomic E-state index is 12.9. The van der Waals surface area contributed by atoms with Gasteiger partial charge in [-0.2, -0.15) is 0 Å². The fourth-order valence-corrected chi connectivity index (χ4v) is 6.15. The molecule has 0 unspecified atom stereocenters. The first-order valence-corrected chi connectivity index (χ1v) is 16.9. The second-order valence-electron chi connectivity index (χ2n) is 15.2. The first-order valence-electron chi connectivity index (χ1n) is 16.9. The van der Waals surface area contributed by atoms with Gasteiger partial charge in [-0.15, -0.1) is 0 Å². The molecule has 1 N–H and O–H groups in total. The van der Waals surface area contributed by atoms with E-state index in [9.17, 15) is 9.59 Å². The van der Waals surface area contributed by atoms with E-state index in [4.69, 9.17) is 14.2 Å². The van der Waals surface area contributed by atoms with Crippen molar-refractivity contribution in [1.29, 1.82) is 0 Å². The molecule has 1 aromatic carbocycles. The van der Waals surface area contributed by atoms with Crippen LogP contribution in [0, 0.1) is 38.5 Å². The smallest absolute Gasteiger partial charge is 0.408 e. The van der Waals surface area contributed by atoms with Gasteiger partial charge in [-0.3, -0.25) is 0 Å². The molecule has 0 spiro atoms. The molecule has 0 saturated heterocycles. The Hall–Kier alpha value is -2.24. The van der Waals surface area contributed by atoms with Crippen LogP contribution in [0.5, 0.6) is 11.5 Å². The van der Waals surface area contributed by atoms with Gasteiger partial charge in [-0.05, 0) is 116 Å². The Labute approximate surface area is 263 Å². The van der Waals surface area contributed by atoms with E-state index in [1.54, 1.807) is 27.7 Å². The summed E-state index contributed by atoms with van der Waals surface area (Å²) in [6, 6.07) is -0.843. The number of alkyl carbamates (subject to hydrolysis) is 1. The summed E-state index contributed by atoms with van der Waals surface area (Å²) in [7, 11) is 0. The van der Waals surface area contributed by atoms with Gasteiger partial charge in [0.05, 0.1) is 0 Å². The Morgan fingerprint density at radius 1 is 0.860 bits per heavy atom. The minimum absolute atomic E-state index is 0.189. The lowest BCUT2D eigenvalue weighted by Gasteiger charge is -2.38. The summed E-state index contributed by atoms with van der Waals surface area (Å²) < 4.78 is 17.9. The topological polar surface area (TPSA) is 73.9 Å². The van der Waals surface area contributed by atoms with Crippen molar-refractivity contribution in [3.63, 3.8) is 0 Å². The van der Waals surface area contributed by atoms with Crippen molar-refractivity contribution in [2.24, 2.45) is 17.8 Å². The normalized spacial score (nSPS) is 18.8. The van der Waals surface area contributed by atoms with Gasteiger partial charge in [0.2, 0.25) is 0 Å². The minimum Gasteiger partial charge on any atom is -0.487 e. The zero-order chi connectivity index (χ0) is 32.5. The highest BCUT2D eigenvalue weighted by atomic mass is 16.6. The quantitative estimate of drug-likeness (QED) is 0.160. The highest BCUT2D eigenvalue weighted by molar-refractivity contribution is 5.83. The molecule has 1 heterocycles. The van der Waals surface area contributed by atoms with Crippen molar-refractivity contribution in [2.75, 3.05) is 0 Å². The predicted molar refractivity (Wildman–Crippen MR) is 177 cm³/mol. The highest BCUT2D eigenvalue weighted by Gasteiger charge is 2.35. The van der Waals surface area contributed by atoms with Crippen molar-refractivity contribution >= 4 is 12.1 Å². The molecule has 0 bridgehead atoms. The molecule has 0 aliphatic carbocycles. The molecule has 1 aliphatic heterocycles. The Bertz CT molecular complexity index is 1070. The van der Waals surface area contributed by atoms with Gasteiger partial charge in [0, 0.05) is 5.56 Å². The van der Waals surface area contributed by atoms with Gasteiger partial charge >= 0.3 is 12.1 Å². The molecular formula is C37H63NO5. The van der Waals surface area contributed by atoms with Gasteiger partial charge in [0.1, 0.15) is 28.7 Å². The lowest BCUT2D eigenvalue weighted by Crippen LogP contribution is -2.43. The van der Waals surface area contributed by atoms with Gasteiger partial charge in [0.15, 0.2) is 0 Å². The van der Waals surface area contributed by atoms with Crippen LogP contribution in [-0.2, 0) is 16.0 Å². The first-order chi connectivity index (χ1) is 19.9. The number of carbonyl (C=O) groups is 2. The predicted octanol–water partition coefficient (Wildman–Crippen LogP) is 9.95. The highest BCUT2D eigenvalue weighted by Crippen LogP contribution is 2.45. The molecule has 0 saturated carbocycles. The van der Waals surface area contributed by atoms with Crippen LogP contribution in [0.1, 0.15) is 149 Å². The van der Waals surface area contributed by atoms with Crippen LogP contribution in [-0.4, -0.2) is 29.3 Å². The standard InChI is InChI=1S/C37H63NO5/c1-24(2)16-13-17-25(3)18-14-19-26(4)20-15-22-37(12)23-21-31-29(7)32(27(5)28(6)33(31)42-37)41-34(39)30(8)38-35(40)43-36(9,10)11/h24-26,30H,13-23H2,1-12H3,(H,38,40)/t25-,26-,30-,37-/m1/s1. The fraction of sp³-hybridized carbons (Fsp3) is 0.784.